The van der Waals surface area contributed by atoms with Crippen LogP contribution in [0.5, 0.6) is 5.75 Å². The Morgan fingerprint density at radius 2 is 1.71 bits per heavy atom. The van der Waals surface area contributed by atoms with E-state index in [9.17, 15) is 0 Å². The van der Waals surface area contributed by atoms with Gasteiger partial charge >= 0.3 is 0 Å². The molecule has 1 saturated heterocycles. The summed E-state index contributed by atoms with van der Waals surface area (Å²) in [6.07, 6.45) is 8.07. The van der Waals surface area contributed by atoms with Gasteiger partial charge in [0.05, 0.1) is 12.1 Å². The fourth-order valence-electron chi connectivity index (χ4n) is 5.93. The molecule has 1 fully saturated rings. The molecular formula is C31H35N3O. The minimum atomic E-state index is 0.518. The van der Waals surface area contributed by atoms with E-state index in [4.69, 9.17) is 4.74 Å². The van der Waals surface area contributed by atoms with E-state index in [-0.39, 0.29) is 0 Å². The first kappa shape index (κ1) is 22.2. The van der Waals surface area contributed by atoms with Gasteiger partial charge in [-0.2, -0.15) is 0 Å². The highest BCUT2D eigenvalue weighted by Gasteiger charge is 2.33. The number of aromatic amines is 1. The fraction of sp³-hybridized carbons (Fsp3) is 0.355. The predicted molar refractivity (Wildman–Crippen MR) is 147 cm³/mol. The molecule has 3 aromatic carbocycles. The van der Waals surface area contributed by atoms with Gasteiger partial charge in [0.2, 0.25) is 0 Å². The van der Waals surface area contributed by atoms with E-state index in [0.29, 0.717) is 12.1 Å². The maximum atomic E-state index is 6.27. The average Bonchev–Trinajstić information content (AvgIpc) is 3.26. The highest BCUT2D eigenvalue weighted by Crippen LogP contribution is 2.32. The summed E-state index contributed by atoms with van der Waals surface area (Å²) in [6.45, 7) is 8.30. The summed E-state index contributed by atoms with van der Waals surface area (Å²) in [5.41, 5.74) is 5.00. The number of aryl methyl sites for hydroxylation is 2. The Morgan fingerprint density at radius 3 is 2.60 bits per heavy atom. The molecule has 0 radical (unpaired) electrons. The van der Waals surface area contributed by atoms with Gasteiger partial charge in [0.1, 0.15) is 5.75 Å². The van der Waals surface area contributed by atoms with Crippen LogP contribution in [0.15, 0.2) is 72.8 Å². The van der Waals surface area contributed by atoms with E-state index in [1.807, 2.05) is 0 Å². The molecular weight excluding hydrogens is 430 g/mol. The normalized spacial score (nSPS) is 21.4. The van der Waals surface area contributed by atoms with E-state index in [1.54, 1.807) is 0 Å². The highest BCUT2D eigenvalue weighted by molar-refractivity contribution is 5.89. The molecule has 0 unspecified atom stereocenters. The quantitative estimate of drug-likeness (QED) is 0.257. The molecule has 7 rings (SSSR count). The van der Waals surface area contributed by atoms with Crippen LogP contribution in [0.25, 0.3) is 21.7 Å². The number of hydrogen-bond donors (Lipinski definition) is 1. The molecule has 4 nitrogen and oxygen atoms in total. The molecule has 0 amide bonds. The van der Waals surface area contributed by atoms with Gasteiger partial charge in [0.25, 0.3) is 0 Å². The maximum absolute atomic E-state index is 6.27. The molecule has 0 saturated carbocycles. The largest absolute Gasteiger partial charge is 0.493 e. The molecule has 2 bridgehead atoms. The van der Waals surface area contributed by atoms with Crippen molar-refractivity contribution in [1.82, 2.24) is 9.88 Å². The lowest BCUT2D eigenvalue weighted by atomic mass is 9.96. The Bertz CT molecular complexity index is 1370. The lowest BCUT2D eigenvalue weighted by molar-refractivity contribution is 0.137. The Morgan fingerprint density at radius 1 is 0.886 bits per heavy atom. The number of nitrogens with zero attached hydrogens (tertiary/aromatic N) is 2. The van der Waals surface area contributed by atoms with Gasteiger partial charge in [-0.1, -0.05) is 48.6 Å². The lowest BCUT2D eigenvalue weighted by Gasteiger charge is -2.48. The van der Waals surface area contributed by atoms with Gasteiger partial charge in [-0.05, 0) is 73.7 Å². The van der Waals surface area contributed by atoms with Crippen LogP contribution in [0, 0.1) is 13.8 Å². The fourth-order valence-corrected chi connectivity index (χ4v) is 5.93. The molecule has 1 N–H and O–H groups in total. The first-order valence-corrected chi connectivity index (χ1v) is 13.0. The van der Waals surface area contributed by atoms with Crippen molar-refractivity contribution < 1.29 is 4.74 Å². The van der Waals surface area contributed by atoms with Crippen molar-refractivity contribution >= 4 is 27.4 Å². The molecule has 4 heteroatoms. The second-order valence-electron chi connectivity index (χ2n) is 10.3. The van der Waals surface area contributed by atoms with Gasteiger partial charge in [-0.15, -0.1) is 0 Å². The van der Waals surface area contributed by atoms with Crippen molar-refractivity contribution in [3.63, 3.8) is 0 Å². The number of H-pyrrole nitrogens is 1. The van der Waals surface area contributed by atoms with Crippen molar-refractivity contribution in [2.45, 2.75) is 45.2 Å². The number of ether oxygens (including phenoxy) is 1. The molecule has 2 atom stereocenters. The number of anilines is 1. The molecule has 180 valence electrons. The van der Waals surface area contributed by atoms with Gasteiger partial charge < -0.3 is 14.6 Å². The number of fused-ring (bicyclic) bond motifs is 6. The van der Waals surface area contributed by atoms with E-state index >= 15 is 0 Å². The standard InChI is InChI=1S/C31H35N3O/c1-22-12-15-30(29-18-23(2)32-31(22)29)35-17-7-16-33-20-28-11-6-5-10-27(33)21-34(28)26-14-13-24-8-3-4-9-25(24)19-26/h3-6,8-9,12-15,18-19,27-28,32H,7,10-11,16-17,20-21H2,1-2H3/b6-5-/t27-,28-/m0/s1. The topological polar surface area (TPSA) is 31.5 Å². The van der Waals surface area contributed by atoms with Crippen LogP contribution < -0.4 is 9.64 Å². The van der Waals surface area contributed by atoms with Gasteiger partial charge in [0.15, 0.2) is 0 Å². The average molecular weight is 466 g/mol. The zero-order valence-electron chi connectivity index (χ0n) is 20.8. The summed E-state index contributed by atoms with van der Waals surface area (Å²) < 4.78 is 6.27. The summed E-state index contributed by atoms with van der Waals surface area (Å²) >= 11 is 0. The van der Waals surface area contributed by atoms with Crippen molar-refractivity contribution in [3.8, 4) is 5.75 Å². The van der Waals surface area contributed by atoms with Crippen molar-refractivity contribution in [2.75, 3.05) is 31.1 Å². The van der Waals surface area contributed by atoms with Crippen LogP contribution in [-0.2, 0) is 0 Å². The molecule has 4 aromatic rings. The van der Waals surface area contributed by atoms with Crippen LogP contribution >= 0.6 is 0 Å². The second-order valence-corrected chi connectivity index (χ2v) is 10.3. The Hall–Kier alpha value is -3.24. The predicted octanol–water partition coefficient (Wildman–Crippen LogP) is 6.62. The van der Waals surface area contributed by atoms with E-state index in [2.05, 4.69) is 101 Å². The minimum absolute atomic E-state index is 0.518. The van der Waals surface area contributed by atoms with Crippen LogP contribution in [0.1, 0.15) is 30.5 Å². The Kier molecular flexibility index (Phi) is 5.99. The first-order valence-electron chi connectivity index (χ1n) is 13.0. The zero-order valence-corrected chi connectivity index (χ0v) is 20.8. The van der Waals surface area contributed by atoms with Crippen molar-refractivity contribution in [2.24, 2.45) is 0 Å². The maximum Gasteiger partial charge on any atom is 0.128 e. The van der Waals surface area contributed by atoms with E-state index in [0.717, 1.165) is 51.3 Å². The summed E-state index contributed by atoms with van der Waals surface area (Å²) in [4.78, 5) is 8.83. The Balaban J connectivity index is 1.11. The molecule has 0 aliphatic carbocycles. The van der Waals surface area contributed by atoms with E-state index in [1.165, 1.54) is 38.6 Å². The van der Waals surface area contributed by atoms with Gasteiger partial charge in [-0.25, -0.2) is 0 Å². The van der Waals surface area contributed by atoms with Crippen LogP contribution in [0.4, 0.5) is 5.69 Å². The van der Waals surface area contributed by atoms with Gasteiger partial charge in [0, 0.05) is 48.5 Å². The monoisotopic (exact) mass is 465 g/mol. The minimum Gasteiger partial charge on any atom is -0.493 e. The number of hydrogen-bond acceptors (Lipinski definition) is 3. The first-order chi connectivity index (χ1) is 17.2. The third-order valence-corrected chi connectivity index (χ3v) is 7.80. The summed E-state index contributed by atoms with van der Waals surface area (Å²) in [6, 6.07) is 23.2. The third kappa shape index (κ3) is 4.43. The number of rotatable bonds is 6. The number of aromatic nitrogens is 1. The van der Waals surface area contributed by atoms with Crippen LogP contribution in [-0.4, -0.2) is 48.2 Å². The van der Waals surface area contributed by atoms with Gasteiger partial charge in [-0.3, -0.25) is 4.90 Å². The highest BCUT2D eigenvalue weighted by atomic mass is 16.5. The molecule has 4 heterocycles. The molecule has 3 aliphatic rings. The molecule has 0 spiro atoms. The zero-order chi connectivity index (χ0) is 23.8. The third-order valence-electron chi connectivity index (χ3n) is 7.80. The SMILES string of the molecule is Cc1cc2c(OCCCN3C[C@@H]4C/C=C\C[C@H]3CN4c3ccc4ccccc4c3)ccc(C)c2[nH]1. The lowest BCUT2D eigenvalue weighted by Crippen LogP contribution is -2.59. The number of piperazine rings is 1. The molecule has 1 aromatic heterocycles. The second kappa shape index (κ2) is 9.43. The van der Waals surface area contributed by atoms with Crippen LogP contribution in [0.2, 0.25) is 0 Å². The van der Waals surface area contributed by atoms with Crippen LogP contribution in [0.3, 0.4) is 0 Å². The summed E-state index contributed by atoms with van der Waals surface area (Å²) in [5, 5.41) is 3.84. The Labute approximate surface area is 208 Å². The van der Waals surface area contributed by atoms with E-state index < -0.39 is 0 Å². The molecule has 3 aliphatic heterocycles. The summed E-state index contributed by atoms with van der Waals surface area (Å²) in [5.74, 6) is 0.995. The smallest absolute Gasteiger partial charge is 0.128 e. The number of nitrogens with one attached hydrogen (secondary N) is 1. The van der Waals surface area contributed by atoms with Crippen molar-refractivity contribution in [1.29, 1.82) is 0 Å². The summed E-state index contributed by atoms with van der Waals surface area (Å²) in [7, 11) is 0. The molecule has 35 heavy (non-hydrogen) atoms. The number of benzene rings is 3. The van der Waals surface area contributed by atoms with Crippen molar-refractivity contribution in [3.05, 3.63) is 84.1 Å².